The molecule has 0 aliphatic rings. The lowest BCUT2D eigenvalue weighted by Crippen LogP contribution is -2.45. The van der Waals surface area contributed by atoms with E-state index in [2.05, 4.69) is 55.6 Å². The minimum absolute atomic E-state index is 0.0229. The van der Waals surface area contributed by atoms with Gasteiger partial charge in [0.15, 0.2) is 0 Å². The van der Waals surface area contributed by atoms with Crippen molar-refractivity contribution < 1.29 is 24.5 Å². The van der Waals surface area contributed by atoms with Crippen LogP contribution in [0.2, 0.25) is 0 Å². The van der Waals surface area contributed by atoms with Crippen molar-refractivity contribution >= 4 is 11.9 Å². The quantitative estimate of drug-likeness (QED) is 0.0321. The summed E-state index contributed by atoms with van der Waals surface area (Å²) in [7, 11) is 0. The topological polar surface area (TPSA) is 95.9 Å². The number of carbonyl (C=O) groups is 2. The molecule has 2 unspecified atom stereocenters. The zero-order valence-electron chi connectivity index (χ0n) is 47.7. The van der Waals surface area contributed by atoms with Crippen molar-refractivity contribution in [3.05, 3.63) is 36.5 Å². The van der Waals surface area contributed by atoms with Crippen molar-refractivity contribution in [2.24, 2.45) is 0 Å². The highest BCUT2D eigenvalue weighted by Crippen LogP contribution is 2.18. The fraction of sp³-hybridized carbons (Fsp3) is 0.877. The number of nitrogens with one attached hydrogen (secondary N) is 1. The summed E-state index contributed by atoms with van der Waals surface area (Å²) in [5, 5.41) is 23.4. The highest BCUT2D eigenvalue weighted by Gasteiger charge is 2.20. The molecule has 0 bridgehead atoms. The van der Waals surface area contributed by atoms with Crippen molar-refractivity contribution in [3.63, 3.8) is 0 Å². The predicted octanol–water partition coefficient (Wildman–Crippen LogP) is 20.0. The smallest absolute Gasteiger partial charge is 0.305 e. The number of amides is 1. The number of rotatable bonds is 59. The first-order chi connectivity index (χ1) is 35.0. The molecule has 418 valence electrons. The molecular weight excluding hydrogens is 875 g/mol. The lowest BCUT2D eigenvalue weighted by Gasteiger charge is -2.22. The van der Waals surface area contributed by atoms with Crippen LogP contribution in [0.3, 0.4) is 0 Å². The van der Waals surface area contributed by atoms with Crippen molar-refractivity contribution in [2.45, 2.75) is 353 Å². The fourth-order valence-corrected chi connectivity index (χ4v) is 9.78. The second-order valence-corrected chi connectivity index (χ2v) is 21.7. The third-order valence-electron chi connectivity index (χ3n) is 14.7. The molecule has 6 nitrogen and oxygen atoms in total. The Kier molecular flexibility index (Phi) is 59.0. The second-order valence-electron chi connectivity index (χ2n) is 21.7. The van der Waals surface area contributed by atoms with Crippen LogP contribution in [0.5, 0.6) is 0 Å². The molecule has 0 aromatic carbocycles. The van der Waals surface area contributed by atoms with E-state index in [-0.39, 0.29) is 18.5 Å². The molecule has 0 heterocycles. The van der Waals surface area contributed by atoms with Crippen LogP contribution in [-0.2, 0) is 14.3 Å². The van der Waals surface area contributed by atoms with Crippen molar-refractivity contribution in [2.75, 3.05) is 13.2 Å². The number of unbranched alkanes of at least 4 members (excludes halogenated alkanes) is 42. The number of aliphatic hydroxyl groups excluding tert-OH is 2. The molecule has 0 aromatic heterocycles. The Bertz CT molecular complexity index is 1150. The van der Waals surface area contributed by atoms with Crippen LogP contribution in [0.4, 0.5) is 0 Å². The molecule has 0 aromatic rings. The average Bonchev–Trinajstić information content (AvgIpc) is 3.37. The van der Waals surface area contributed by atoms with E-state index in [1.54, 1.807) is 0 Å². The van der Waals surface area contributed by atoms with Crippen LogP contribution in [0, 0.1) is 0 Å². The molecule has 0 rings (SSSR count). The van der Waals surface area contributed by atoms with Crippen molar-refractivity contribution in [3.8, 4) is 0 Å². The number of aliphatic hydroxyl groups is 2. The number of ether oxygens (including phenoxy) is 1. The first-order valence-corrected chi connectivity index (χ1v) is 31.7. The van der Waals surface area contributed by atoms with Gasteiger partial charge in [0, 0.05) is 12.8 Å². The minimum Gasteiger partial charge on any atom is -0.466 e. The monoisotopic (exact) mass is 998 g/mol. The molecule has 3 N–H and O–H groups in total. The lowest BCUT2D eigenvalue weighted by molar-refractivity contribution is -0.143. The lowest BCUT2D eigenvalue weighted by atomic mass is 10.0. The van der Waals surface area contributed by atoms with E-state index >= 15 is 0 Å². The standard InChI is InChI=1S/C65H123NO5/c1-3-5-7-9-11-13-15-17-19-21-22-23-24-25-26-27-29-33-37-41-45-49-53-57-63(68)62(61-67)66-64(69)58-54-50-46-42-38-34-30-28-32-36-40-44-48-52-56-60-71-65(70)59-55-51-47-43-39-35-31-20-18-16-14-12-10-8-6-4-2/h14,16,20,31-32,36,62-63,67-68H,3-13,15,17-19,21-30,33-35,37-61H2,1-2H3,(H,66,69)/b16-14-,31-20-,36-32-. The maximum absolute atomic E-state index is 12.5. The van der Waals surface area contributed by atoms with E-state index in [1.807, 2.05) is 0 Å². The summed E-state index contributed by atoms with van der Waals surface area (Å²) in [6.45, 7) is 4.92. The first kappa shape index (κ1) is 69.1. The van der Waals surface area contributed by atoms with Gasteiger partial charge >= 0.3 is 5.97 Å². The van der Waals surface area contributed by atoms with Gasteiger partial charge in [-0.15, -0.1) is 0 Å². The van der Waals surface area contributed by atoms with Gasteiger partial charge in [0.05, 0.1) is 25.4 Å². The fourth-order valence-electron chi connectivity index (χ4n) is 9.78. The minimum atomic E-state index is -0.677. The van der Waals surface area contributed by atoms with Gasteiger partial charge in [-0.3, -0.25) is 9.59 Å². The Hall–Kier alpha value is -1.92. The van der Waals surface area contributed by atoms with Crippen molar-refractivity contribution in [1.82, 2.24) is 5.32 Å². The molecule has 0 radical (unpaired) electrons. The van der Waals surface area contributed by atoms with Gasteiger partial charge < -0.3 is 20.3 Å². The average molecular weight is 999 g/mol. The van der Waals surface area contributed by atoms with E-state index in [0.29, 0.717) is 25.9 Å². The first-order valence-electron chi connectivity index (χ1n) is 31.7. The van der Waals surface area contributed by atoms with Gasteiger partial charge in [0.25, 0.3) is 0 Å². The normalized spacial score (nSPS) is 12.8. The van der Waals surface area contributed by atoms with E-state index in [9.17, 15) is 19.8 Å². The highest BCUT2D eigenvalue weighted by molar-refractivity contribution is 5.76. The van der Waals surface area contributed by atoms with E-state index in [0.717, 1.165) is 77.0 Å². The molecule has 0 aliphatic carbocycles. The molecular formula is C65H123NO5. The summed E-state index contributed by atoms with van der Waals surface area (Å²) in [4.78, 5) is 24.6. The Labute approximate surface area is 443 Å². The van der Waals surface area contributed by atoms with Gasteiger partial charge in [0.2, 0.25) is 5.91 Å². The number of esters is 1. The largest absolute Gasteiger partial charge is 0.466 e. The molecule has 1 amide bonds. The van der Waals surface area contributed by atoms with Gasteiger partial charge in [0.1, 0.15) is 0 Å². The van der Waals surface area contributed by atoms with Gasteiger partial charge in [-0.1, -0.05) is 281 Å². The van der Waals surface area contributed by atoms with Crippen LogP contribution in [0.25, 0.3) is 0 Å². The van der Waals surface area contributed by atoms with Gasteiger partial charge in [-0.05, 0) is 83.5 Å². The number of carbonyl (C=O) groups excluding carboxylic acids is 2. The summed E-state index contributed by atoms with van der Waals surface area (Å²) in [6, 6.07) is -0.555. The molecule has 0 saturated carbocycles. The summed E-state index contributed by atoms with van der Waals surface area (Å²) < 4.78 is 5.46. The Morgan fingerprint density at radius 1 is 0.394 bits per heavy atom. The van der Waals surface area contributed by atoms with Crippen molar-refractivity contribution in [1.29, 1.82) is 0 Å². The summed E-state index contributed by atoms with van der Waals surface area (Å²) >= 11 is 0. The number of hydrogen-bond acceptors (Lipinski definition) is 5. The van der Waals surface area contributed by atoms with Crippen LogP contribution in [0.1, 0.15) is 341 Å². The molecule has 0 fully saturated rings. The number of allylic oxidation sites excluding steroid dienone is 6. The maximum Gasteiger partial charge on any atom is 0.305 e. The van der Waals surface area contributed by atoms with Crippen LogP contribution < -0.4 is 5.32 Å². The van der Waals surface area contributed by atoms with Gasteiger partial charge in [-0.25, -0.2) is 0 Å². The molecule has 0 saturated heterocycles. The summed E-state index contributed by atoms with van der Waals surface area (Å²) in [5.74, 6) is -0.0707. The summed E-state index contributed by atoms with van der Waals surface area (Å²) in [6.07, 6.45) is 75.8. The third-order valence-corrected chi connectivity index (χ3v) is 14.7. The maximum atomic E-state index is 12.5. The Morgan fingerprint density at radius 2 is 0.704 bits per heavy atom. The number of hydrogen-bond donors (Lipinski definition) is 3. The molecule has 6 heteroatoms. The van der Waals surface area contributed by atoms with Crippen LogP contribution in [-0.4, -0.2) is 47.4 Å². The molecule has 71 heavy (non-hydrogen) atoms. The Balaban J connectivity index is 3.47. The van der Waals surface area contributed by atoms with Gasteiger partial charge in [-0.2, -0.15) is 0 Å². The third kappa shape index (κ3) is 57.2. The van der Waals surface area contributed by atoms with Crippen LogP contribution in [0.15, 0.2) is 36.5 Å². The summed E-state index contributed by atoms with van der Waals surface area (Å²) in [5.41, 5.74) is 0. The Morgan fingerprint density at radius 3 is 1.10 bits per heavy atom. The SMILES string of the molecule is CCCCCC/C=C\C/C=C\CCCCCCCC(=O)OCCCCCC/C=C\CCCCCCCCCC(=O)NC(CO)C(O)CCCCCCCCCCCCCCCCCCCCCCCCC. The van der Waals surface area contributed by atoms with E-state index < -0.39 is 12.1 Å². The predicted molar refractivity (Wildman–Crippen MR) is 310 cm³/mol. The van der Waals surface area contributed by atoms with E-state index in [1.165, 1.54) is 231 Å². The van der Waals surface area contributed by atoms with E-state index in [4.69, 9.17) is 4.74 Å². The van der Waals surface area contributed by atoms with Crippen LogP contribution >= 0.6 is 0 Å². The second kappa shape index (κ2) is 60.6. The molecule has 2 atom stereocenters. The highest BCUT2D eigenvalue weighted by atomic mass is 16.5. The molecule has 0 spiro atoms. The zero-order valence-corrected chi connectivity index (χ0v) is 47.7. The zero-order chi connectivity index (χ0) is 51.4. The molecule has 0 aliphatic heterocycles.